The van der Waals surface area contributed by atoms with Gasteiger partial charge in [-0.1, -0.05) is 0 Å². The lowest BCUT2D eigenvalue weighted by Gasteiger charge is -2.04. The zero-order valence-electron chi connectivity index (χ0n) is 6.89. The summed E-state index contributed by atoms with van der Waals surface area (Å²) in [7, 11) is 0. The smallest absolute Gasteiger partial charge is 0.194 e. The minimum Gasteiger partial charge on any atom is -0.301 e. The van der Waals surface area contributed by atoms with Gasteiger partial charge in [-0.2, -0.15) is 0 Å². The fourth-order valence-electron chi connectivity index (χ4n) is 0.773. The van der Waals surface area contributed by atoms with Gasteiger partial charge in [0.05, 0.1) is 5.69 Å². The number of benzene rings is 1. The highest BCUT2D eigenvalue weighted by Crippen LogP contribution is 2.16. The minimum atomic E-state index is -1.55. The van der Waals surface area contributed by atoms with Gasteiger partial charge in [-0.3, -0.25) is 10.3 Å². The molecular weight excluding hydrogens is 199 g/mol. The monoisotopic (exact) mass is 205 g/mol. The summed E-state index contributed by atoms with van der Waals surface area (Å²) in [6, 6.07) is 1.42. The third-order valence-electron chi connectivity index (χ3n) is 1.33. The molecule has 0 bridgehead atoms. The topological polar surface area (TPSA) is 38.3 Å². The van der Waals surface area contributed by atoms with Gasteiger partial charge < -0.3 is 4.79 Å². The molecule has 0 aliphatic heterocycles. The van der Waals surface area contributed by atoms with Crippen molar-refractivity contribution in [1.29, 1.82) is 0 Å². The first-order chi connectivity index (χ1) is 6.65. The van der Waals surface area contributed by atoms with Crippen LogP contribution >= 0.6 is 0 Å². The van der Waals surface area contributed by atoms with Gasteiger partial charge in [0.1, 0.15) is 12.9 Å². The molecule has 0 heterocycles. The summed E-state index contributed by atoms with van der Waals surface area (Å²) in [6.45, 7) is -0.277. The fraction of sp³-hybridized carbons (Fsp3) is 0.125. The molecule has 14 heavy (non-hydrogen) atoms. The van der Waals surface area contributed by atoms with Crippen molar-refractivity contribution in [2.45, 2.75) is 0 Å². The van der Waals surface area contributed by atoms with E-state index in [1.54, 1.807) is 0 Å². The van der Waals surface area contributed by atoms with E-state index in [1.807, 2.05) is 0 Å². The van der Waals surface area contributed by atoms with Crippen LogP contribution in [0.2, 0.25) is 0 Å². The molecular formula is C8H6F3NO2. The predicted molar refractivity (Wildman–Crippen MR) is 42.0 cm³/mol. The van der Waals surface area contributed by atoms with E-state index in [0.29, 0.717) is 18.4 Å². The molecule has 0 unspecified atom stereocenters. The number of carbonyl (C=O) groups excluding carboxylic acids is 1. The van der Waals surface area contributed by atoms with Gasteiger partial charge in [-0.15, -0.1) is 0 Å². The molecule has 76 valence electrons. The molecule has 0 atom stereocenters. The molecule has 6 heteroatoms. The molecule has 0 fully saturated rings. The molecule has 0 aliphatic rings. The third kappa shape index (κ3) is 2.46. The number of hydrogen-bond acceptors (Lipinski definition) is 3. The molecule has 0 aromatic heterocycles. The van der Waals surface area contributed by atoms with E-state index in [2.05, 4.69) is 10.3 Å². The summed E-state index contributed by atoms with van der Waals surface area (Å²) in [5.74, 6) is -4.21. The average molecular weight is 205 g/mol. The molecule has 1 aromatic carbocycles. The Morgan fingerprint density at radius 2 is 1.86 bits per heavy atom. The van der Waals surface area contributed by atoms with Gasteiger partial charge in [-0.05, 0) is 0 Å². The molecule has 0 aliphatic carbocycles. The van der Waals surface area contributed by atoms with Crippen molar-refractivity contribution in [1.82, 2.24) is 0 Å². The van der Waals surface area contributed by atoms with Crippen LogP contribution in [-0.4, -0.2) is 12.9 Å². The lowest BCUT2D eigenvalue weighted by Crippen LogP contribution is -2.05. The first-order valence-corrected chi connectivity index (χ1v) is 3.61. The van der Waals surface area contributed by atoms with E-state index in [9.17, 15) is 18.0 Å². The van der Waals surface area contributed by atoms with E-state index < -0.39 is 17.5 Å². The van der Waals surface area contributed by atoms with Gasteiger partial charge in [-0.25, -0.2) is 13.2 Å². The van der Waals surface area contributed by atoms with Crippen LogP contribution in [0, 0.1) is 17.5 Å². The van der Waals surface area contributed by atoms with Gasteiger partial charge in [0.2, 0.25) is 0 Å². The van der Waals surface area contributed by atoms with Crippen molar-refractivity contribution >= 4 is 12.0 Å². The molecule has 0 radical (unpaired) electrons. The van der Waals surface area contributed by atoms with Crippen LogP contribution in [0.25, 0.3) is 0 Å². The highest BCUT2D eigenvalue weighted by atomic mass is 19.2. The minimum absolute atomic E-state index is 0.108. The second-order valence-corrected chi connectivity index (χ2v) is 2.33. The average Bonchev–Trinajstić information content (AvgIpc) is 2.14. The highest BCUT2D eigenvalue weighted by Gasteiger charge is 2.09. The number of nitrogens with one attached hydrogen (secondary N) is 1. The summed E-state index contributed by atoms with van der Waals surface area (Å²) in [4.78, 5) is 14.3. The second-order valence-electron chi connectivity index (χ2n) is 2.33. The SMILES string of the molecule is O=CCONc1cc(F)c(F)c(F)c1. The van der Waals surface area contributed by atoms with Crippen molar-refractivity contribution in [2.75, 3.05) is 12.1 Å². The van der Waals surface area contributed by atoms with Crippen molar-refractivity contribution in [2.24, 2.45) is 0 Å². The van der Waals surface area contributed by atoms with E-state index in [1.165, 1.54) is 0 Å². The standard InChI is InChI=1S/C8H6F3NO2/c9-6-3-5(12-14-2-1-13)4-7(10)8(6)11/h1,3-4,12H,2H2. The highest BCUT2D eigenvalue weighted by molar-refractivity contribution is 5.51. The maximum atomic E-state index is 12.6. The third-order valence-corrected chi connectivity index (χ3v) is 1.33. The number of anilines is 1. The Hall–Kier alpha value is -1.56. The Labute approximate surface area is 77.4 Å². The zero-order valence-corrected chi connectivity index (χ0v) is 6.89. The number of rotatable bonds is 4. The largest absolute Gasteiger partial charge is 0.301 e. The summed E-state index contributed by atoms with van der Waals surface area (Å²) in [6.07, 6.45) is 0.448. The van der Waals surface area contributed by atoms with E-state index >= 15 is 0 Å². The Morgan fingerprint density at radius 1 is 1.29 bits per heavy atom. The maximum Gasteiger partial charge on any atom is 0.194 e. The molecule has 3 nitrogen and oxygen atoms in total. The van der Waals surface area contributed by atoms with Crippen LogP contribution in [0.4, 0.5) is 18.9 Å². The van der Waals surface area contributed by atoms with Crippen molar-refractivity contribution in [3.05, 3.63) is 29.6 Å². The number of halogens is 3. The fourth-order valence-corrected chi connectivity index (χ4v) is 0.773. The molecule has 0 amide bonds. The first-order valence-electron chi connectivity index (χ1n) is 3.61. The lowest BCUT2D eigenvalue weighted by atomic mass is 10.3. The van der Waals surface area contributed by atoms with Crippen molar-refractivity contribution in [3.8, 4) is 0 Å². The van der Waals surface area contributed by atoms with Crippen molar-refractivity contribution < 1.29 is 22.8 Å². The zero-order chi connectivity index (χ0) is 10.6. The molecule has 0 saturated carbocycles. The first kappa shape index (κ1) is 10.5. The van der Waals surface area contributed by atoms with Crippen LogP contribution in [0.3, 0.4) is 0 Å². The Kier molecular flexibility index (Phi) is 3.47. The van der Waals surface area contributed by atoms with Crippen LogP contribution in [0.1, 0.15) is 0 Å². The summed E-state index contributed by atoms with van der Waals surface area (Å²) >= 11 is 0. The van der Waals surface area contributed by atoms with Gasteiger partial charge >= 0.3 is 0 Å². The number of carbonyl (C=O) groups is 1. The van der Waals surface area contributed by atoms with E-state index in [4.69, 9.17) is 0 Å². The quantitative estimate of drug-likeness (QED) is 0.351. The van der Waals surface area contributed by atoms with E-state index in [-0.39, 0.29) is 12.3 Å². The number of aldehydes is 1. The van der Waals surface area contributed by atoms with Gasteiger partial charge in [0.15, 0.2) is 17.5 Å². The second kappa shape index (κ2) is 4.61. The Balaban J connectivity index is 2.74. The van der Waals surface area contributed by atoms with Crippen LogP contribution in [-0.2, 0) is 9.63 Å². The van der Waals surface area contributed by atoms with Gasteiger partial charge in [0.25, 0.3) is 0 Å². The Morgan fingerprint density at radius 3 is 2.36 bits per heavy atom. The van der Waals surface area contributed by atoms with Crippen LogP contribution < -0.4 is 5.48 Å². The summed E-state index contributed by atoms with van der Waals surface area (Å²) in [5.41, 5.74) is 1.97. The molecule has 0 spiro atoms. The summed E-state index contributed by atoms with van der Waals surface area (Å²) in [5, 5.41) is 0. The van der Waals surface area contributed by atoms with Crippen molar-refractivity contribution in [3.63, 3.8) is 0 Å². The molecule has 1 rings (SSSR count). The normalized spacial score (nSPS) is 9.93. The number of hydrogen-bond donors (Lipinski definition) is 1. The van der Waals surface area contributed by atoms with Gasteiger partial charge in [0, 0.05) is 12.1 Å². The van der Waals surface area contributed by atoms with Crippen LogP contribution in [0.15, 0.2) is 12.1 Å². The predicted octanol–water partition coefficient (Wildman–Crippen LogP) is 1.65. The maximum absolute atomic E-state index is 12.6. The molecule has 1 N–H and O–H groups in total. The summed E-state index contributed by atoms with van der Waals surface area (Å²) < 4.78 is 37.6. The van der Waals surface area contributed by atoms with E-state index in [0.717, 1.165) is 0 Å². The molecule has 1 aromatic rings. The Bertz CT molecular complexity index is 320. The lowest BCUT2D eigenvalue weighted by molar-refractivity contribution is -0.111. The molecule has 0 saturated heterocycles. The van der Waals surface area contributed by atoms with Crippen LogP contribution in [0.5, 0.6) is 0 Å².